The van der Waals surface area contributed by atoms with E-state index in [4.69, 9.17) is 0 Å². The van der Waals surface area contributed by atoms with Gasteiger partial charge < -0.3 is 5.32 Å². The first-order valence-corrected chi connectivity index (χ1v) is 7.52. The van der Waals surface area contributed by atoms with Crippen molar-refractivity contribution in [2.45, 2.75) is 26.3 Å². The number of aryl methyl sites for hydroxylation is 1. The van der Waals surface area contributed by atoms with Gasteiger partial charge in [-0.3, -0.25) is 0 Å². The summed E-state index contributed by atoms with van der Waals surface area (Å²) in [7, 11) is 0. The maximum Gasteiger partial charge on any atom is 0.0360 e. The fourth-order valence-corrected chi connectivity index (χ4v) is 2.70. The van der Waals surface area contributed by atoms with Crippen molar-refractivity contribution in [3.8, 4) is 0 Å². The van der Waals surface area contributed by atoms with Crippen molar-refractivity contribution in [1.82, 2.24) is 5.32 Å². The Kier molecular flexibility index (Phi) is 5.17. The van der Waals surface area contributed by atoms with Crippen molar-refractivity contribution in [3.05, 3.63) is 69.7 Å². The van der Waals surface area contributed by atoms with Gasteiger partial charge in [-0.1, -0.05) is 64.8 Å². The predicted octanol–water partition coefficient (Wildman–Crippen LogP) is 4.65. The van der Waals surface area contributed by atoms with Crippen molar-refractivity contribution in [3.63, 3.8) is 0 Å². The van der Waals surface area contributed by atoms with Crippen molar-refractivity contribution >= 4 is 15.9 Å². The van der Waals surface area contributed by atoms with Crippen LogP contribution < -0.4 is 5.32 Å². The minimum atomic E-state index is 0.375. The summed E-state index contributed by atoms with van der Waals surface area (Å²) in [4.78, 5) is 0. The lowest BCUT2D eigenvalue weighted by atomic mass is 9.98. The molecule has 2 aromatic rings. The number of hydrogen-bond donors (Lipinski definition) is 1. The number of hydrogen-bond acceptors (Lipinski definition) is 1. The van der Waals surface area contributed by atoms with Crippen molar-refractivity contribution in [1.29, 1.82) is 0 Å². The Bertz CT molecular complexity index is 519. The Balaban J connectivity index is 2.18. The molecule has 0 aliphatic rings. The first-order chi connectivity index (χ1) is 9.19. The zero-order valence-electron chi connectivity index (χ0n) is 11.5. The van der Waals surface area contributed by atoms with Gasteiger partial charge in [0.15, 0.2) is 0 Å². The SMILES string of the molecule is CCNC(Cc1cccc(Br)c1)c1ccc(C)cc1. The molecule has 1 nitrogen and oxygen atoms in total. The smallest absolute Gasteiger partial charge is 0.0360 e. The Hall–Kier alpha value is -1.12. The molecule has 1 N–H and O–H groups in total. The maximum atomic E-state index is 3.57. The molecule has 0 fully saturated rings. The number of halogens is 1. The third kappa shape index (κ3) is 4.19. The minimum absolute atomic E-state index is 0.375. The highest BCUT2D eigenvalue weighted by Gasteiger charge is 2.11. The van der Waals surface area contributed by atoms with Gasteiger partial charge in [0.2, 0.25) is 0 Å². The third-order valence-electron chi connectivity index (χ3n) is 3.26. The van der Waals surface area contributed by atoms with Crippen LogP contribution in [0, 0.1) is 6.92 Å². The molecule has 0 bridgehead atoms. The lowest BCUT2D eigenvalue weighted by Crippen LogP contribution is -2.22. The van der Waals surface area contributed by atoms with Gasteiger partial charge >= 0.3 is 0 Å². The monoisotopic (exact) mass is 317 g/mol. The van der Waals surface area contributed by atoms with Gasteiger partial charge in [-0.25, -0.2) is 0 Å². The molecule has 2 heteroatoms. The number of benzene rings is 2. The summed E-state index contributed by atoms with van der Waals surface area (Å²) < 4.78 is 1.14. The van der Waals surface area contributed by atoms with E-state index in [1.54, 1.807) is 0 Å². The topological polar surface area (TPSA) is 12.0 Å². The molecule has 2 rings (SSSR count). The van der Waals surface area contributed by atoms with E-state index >= 15 is 0 Å². The van der Waals surface area contributed by atoms with Gasteiger partial charge in [0.1, 0.15) is 0 Å². The summed E-state index contributed by atoms with van der Waals surface area (Å²) >= 11 is 3.54. The molecule has 0 amide bonds. The molecule has 0 aromatic heterocycles. The van der Waals surface area contributed by atoms with E-state index in [9.17, 15) is 0 Å². The van der Waals surface area contributed by atoms with Gasteiger partial charge in [-0.05, 0) is 43.1 Å². The predicted molar refractivity (Wildman–Crippen MR) is 85.4 cm³/mol. The Morgan fingerprint density at radius 1 is 1.11 bits per heavy atom. The second-order valence-corrected chi connectivity index (χ2v) is 5.77. The summed E-state index contributed by atoms with van der Waals surface area (Å²) in [5.41, 5.74) is 4.01. The van der Waals surface area contributed by atoms with Crippen LogP contribution in [0.2, 0.25) is 0 Å². The highest BCUT2D eigenvalue weighted by atomic mass is 79.9. The second-order valence-electron chi connectivity index (χ2n) is 4.85. The van der Waals surface area contributed by atoms with Crippen LogP contribution in [-0.2, 0) is 6.42 Å². The standard InChI is InChI=1S/C17H20BrN/c1-3-19-17(15-9-7-13(2)8-10-15)12-14-5-4-6-16(18)11-14/h4-11,17,19H,3,12H2,1-2H3. The van der Waals surface area contributed by atoms with Crippen molar-refractivity contribution in [2.24, 2.45) is 0 Å². The zero-order chi connectivity index (χ0) is 13.7. The van der Waals surface area contributed by atoms with E-state index < -0.39 is 0 Å². The van der Waals surface area contributed by atoms with Crippen LogP contribution >= 0.6 is 15.9 Å². The van der Waals surface area contributed by atoms with Crippen LogP contribution in [0.1, 0.15) is 29.7 Å². The molecule has 0 saturated heterocycles. The molecule has 0 spiro atoms. The molecular formula is C17H20BrN. The number of nitrogens with one attached hydrogen (secondary N) is 1. The first-order valence-electron chi connectivity index (χ1n) is 6.73. The van der Waals surface area contributed by atoms with E-state index in [2.05, 4.69) is 83.6 Å². The minimum Gasteiger partial charge on any atom is -0.310 e. The van der Waals surface area contributed by atoms with Crippen LogP contribution in [0.25, 0.3) is 0 Å². The Morgan fingerprint density at radius 3 is 2.47 bits per heavy atom. The average molecular weight is 318 g/mol. The normalized spacial score (nSPS) is 12.4. The molecule has 0 aliphatic heterocycles. The summed E-state index contributed by atoms with van der Waals surface area (Å²) in [6.45, 7) is 5.26. The molecule has 0 aliphatic carbocycles. The van der Waals surface area contributed by atoms with Gasteiger partial charge in [0.05, 0.1) is 0 Å². The molecule has 0 saturated carbocycles. The first kappa shape index (κ1) is 14.3. The van der Waals surface area contributed by atoms with Crippen LogP contribution in [0.4, 0.5) is 0 Å². The van der Waals surface area contributed by atoms with Gasteiger partial charge in [0, 0.05) is 10.5 Å². The summed E-state index contributed by atoms with van der Waals surface area (Å²) in [5, 5.41) is 3.57. The van der Waals surface area contributed by atoms with E-state index in [0.29, 0.717) is 6.04 Å². The highest BCUT2D eigenvalue weighted by molar-refractivity contribution is 9.10. The molecule has 1 unspecified atom stereocenters. The van der Waals surface area contributed by atoms with E-state index in [1.165, 1.54) is 16.7 Å². The molecule has 2 aromatic carbocycles. The lowest BCUT2D eigenvalue weighted by Gasteiger charge is -2.19. The molecule has 1 atom stereocenters. The number of rotatable bonds is 5. The van der Waals surface area contributed by atoms with E-state index in [0.717, 1.165) is 17.4 Å². The molecule has 19 heavy (non-hydrogen) atoms. The maximum absolute atomic E-state index is 3.57. The second kappa shape index (κ2) is 6.88. The van der Waals surface area contributed by atoms with Crippen LogP contribution in [0.3, 0.4) is 0 Å². The highest BCUT2D eigenvalue weighted by Crippen LogP contribution is 2.21. The van der Waals surface area contributed by atoms with E-state index in [-0.39, 0.29) is 0 Å². The largest absolute Gasteiger partial charge is 0.310 e. The molecule has 0 heterocycles. The van der Waals surface area contributed by atoms with Crippen LogP contribution in [0.5, 0.6) is 0 Å². The van der Waals surface area contributed by atoms with Crippen molar-refractivity contribution < 1.29 is 0 Å². The fourth-order valence-electron chi connectivity index (χ4n) is 2.25. The number of likely N-dealkylation sites (N-methyl/N-ethyl adjacent to an activating group) is 1. The quantitative estimate of drug-likeness (QED) is 0.846. The Morgan fingerprint density at radius 2 is 1.84 bits per heavy atom. The van der Waals surface area contributed by atoms with E-state index in [1.807, 2.05) is 0 Å². The lowest BCUT2D eigenvalue weighted by molar-refractivity contribution is 0.549. The van der Waals surface area contributed by atoms with Gasteiger partial charge in [-0.2, -0.15) is 0 Å². The van der Waals surface area contributed by atoms with Crippen LogP contribution in [-0.4, -0.2) is 6.54 Å². The summed E-state index contributed by atoms with van der Waals surface area (Å²) in [6, 6.07) is 17.7. The Labute approximate surface area is 124 Å². The molecular weight excluding hydrogens is 298 g/mol. The van der Waals surface area contributed by atoms with Crippen LogP contribution in [0.15, 0.2) is 53.0 Å². The summed E-state index contributed by atoms with van der Waals surface area (Å²) in [5.74, 6) is 0. The summed E-state index contributed by atoms with van der Waals surface area (Å²) in [6.07, 6.45) is 1.01. The molecule has 100 valence electrons. The molecule has 0 radical (unpaired) electrons. The van der Waals surface area contributed by atoms with Gasteiger partial charge in [0.25, 0.3) is 0 Å². The van der Waals surface area contributed by atoms with Crippen molar-refractivity contribution in [2.75, 3.05) is 6.54 Å². The zero-order valence-corrected chi connectivity index (χ0v) is 13.1. The van der Waals surface area contributed by atoms with Gasteiger partial charge in [-0.15, -0.1) is 0 Å². The third-order valence-corrected chi connectivity index (χ3v) is 3.75. The fraction of sp³-hybridized carbons (Fsp3) is 0.294. The average Bonchev–Trinajstić information content (AvgIpc) is 2.39.